The number of carbonyl (C=O) groups excluding carboxylic acids is 2. The van der Waals surface area contributed by atoms with Gasteiger partial charge in [-0.15, -0.1) is 0 Å². The summed E-state index contributed by atoms with van der Waals surface area (Å²) in [5, 5.41) is 7.95. The summed E-state index contributed by atoms with van der Waals surface area (Å²) < 4.78 is 5.44. The fraction of sp³-hybridized carbons (Fsp3) is 0.300. The molecular formula is C20H25N3O3. The average molecular weight is 355 g/mol. The van der Waals surface area contributed by atoms with Crippen LogP contribution in [0.1, 0.15) is 25.0 Å². The maximum atomic E-state index is 12.1. The second kappa shape index (κ2) is 9.46. The summed E-state index contributed by atoms with van der Waals surface area (Å²) in [6.45, 7) is 3.95. The van der Waals surface area contributed by atoms with E-state index in [1.54, 1.807) is 21.0 Å². The molecule has 0 saturated heterocycles. The van der Waals surface area contributed by atoms with Crippen molar-refractivity contribution in [3.63, 3.8) is 0 Å². The van der Waals surface area contributed by atoms with Gasteiger partial charge in [0.25, 0.3) is 0 Å². The van der Waals surface area contributed by atoms with Gasteiger partial charge in [-0.1, -0.05) is 30.3 Å². The Bertz CT molecular complexity index is 747. The molecule has 3 amide bonds. The molecule has 0 spiro atoms. The summed E-state index contributed by atoms with van der Waals surface area (Å²) in [4.78, 5) is 23.5. The number of benzene rings is 2. The van der Waals surface area contributed by atoms with Gasteiger partial charge >= 0.3 is 6.03 Å². The van der Waals surface area contributed by atoms with E-state index in [1.807, 2.05) is 36.4 Å². The normalized spacial score (nSPS) is 11.3. The van der Waals surface area contributed by atoms with Gasteiger partial charge in [-0.3, -0.25) is 10.1 Å². The van der Waals surface area contributed by atoms with Crippen molar-refractivity contribution < 1.29 is 14.3 Å². The SMILES string of the molecule is CCNC(=O)NC(=O)C(C)Nc1ccc(OC)c(Cc2ccccc2)c1. The molecule has 6 heteroatoms. The first-order valence-corrected chi connectivity index (χ1v) is 8.59. The highest BCUT2D eigenvalue weighted by atomic mass is 16.5. The molecule has 0 aromatic heterocycles. The Morgan fingerprint density at radius 1 is 1.12 bits per heavy atom. The van der Waals surface area contributed by atoms with Crippen molar-refractivity contribution in [2.24, 2.45) is 0 Å². The Morgan fingerprint density at radius 3 is 2.50 bits per heavy atom. The first-order valence-electron chi connectivity index (χ1n) is 8.59. The molecule has 0 saturated carbocycles. The summed E-state index contributed by atoms with van der Waals surface area (Å²) >= 11 is 0. The molecular weight excluding hydrogens is 330 g/mol. The highest BCUT2D eigenvalue weighted by molar-refractivity contribution is 5.97. The lowest BCUT2D eigenvalue weighted by molar-refractivity contribution is -0.120. The first kappa shape index (κ1) is 19.3. The van der Waals surface area contributed by atoms with Crippen LogP contribution in [0.3, 0.4) is 0 Å². The molecule has 0 radical (unpaired) electrons. The van der Waals surface area contributed by atoms with Crippen LogP contribution in [0.4, 0.5) is 10.5 Å². The molecule has 0 heterocycles. The number of imide groups is 1. The molecule has 2 aromatic carbocycles. The minimum atomic E-state index is -0.560. The number of anilines is 1. The molecule has 2 rings (SSSR count). The van der Waals surface area contributed by atoms with Crippen LogP contribution in [0.15, 0.2) is 48.5 Å². The van der Waals surface area contributed by atoms with Crippen molar-refractivity contribution in [2.45, 2.75) is 26.3 Å². The van der Waals surface area contributed by atoms with E-state index in [9.17, 15) is 9.59 Å². The van der Waals surface area contributed by atoms with Gasteiger partial charge in [0.1, 0.15) is 11.8 Å². The van der Waals surface area contributed by atoms with E-state index in [4.69, 9.17) is 4.74 Å². The van der Waals surface area contributed by atoms with Gasteiger partial charge in [0.05, 0.1) is 7.11 Å². The van der Waals surface area contributed by atoms with Crippen molar-refractivity contribution in [2.75, 3.05) is 19.0 Å². The highest BCUT2D eigenvalue weighted by Crippen LogP contribution is 2.25. The topological polar surface area (TPSA) is 79.5 Å². The molecule has 0 aliphatic heterocycles. The lowest BCUT2D eigenvalue weighted by Gasteiger charge is -2.17. The van der Waals surface area contributed by atoms with Gasteiger partial charge in [-0.05, 0) is 37.6 Å². The van der Waals surface area contributed by atoms with Crippen LogP contribution in [0.5, 0.6) is 5.75 Å². The average Bonchev–Trinajstić information content (AvgIpc) is 2.63. The zero-order valence-electron chi connectivity index (χ0n) is 15.3. The summed E-state index contributed by atoms with van der Waals surface area (Å²) in [6, 6.07) is 14.7. The largest absolute Gasteiger partial charge is 0.496 e. The Balaban J connectivity index is 2.08. The van der Waals surface area contributed by atoms with Crippen molar-refractivity contribution >= 4 is 17.6 Å². The molecule has 0 aliphatic rings. The van der Waals surface area contributed by atoms with Gasteiger partial charge in [0.15, 0.2) is 0 Å². The van der Waals surface area contributed by atoms with Gasteiger partial charge in [0, 0.05) is 24.2 Å². The van der Waals surface area contributed by atoms with Crippen LogP contribution in [0.2, 0.25) is 0 Å². The number of methoxy groups -OCH3 is 1. The fourth-order valence-corrected chi connectivity index (χ4v) is 2.56. The third-order valence-corrected chi connectivity index (χ3v) is 3.87. The number of amides is 3. The molecule has 0 aliphatic carbocycles. The maximum Gasteiger partial charge on any atom is 0.321 e. The lowest BCUT2D eigenvalue weighted by Crippen LogP contribution is -2.45. The molecule has 1 atom stereocenters. The quantitative estimate of drug-likeness (QED) is 0.713. The van der Waals surface area contributed by atoms with E-state index in [-0.39, 0.29) is 0 Å². The third-order valence-electron chi connectivity index (χ3n) is 3.87. The monoisotopic (exact) mass is 355 g/mol. The Morgan fingerprint density at radius 2 is 1.85 bits per heavy atom. The van der Waals surface area contributed by atoms with E-state index in [2.05, 4.69) is 28.1 Å². The van der Waals surface area contributed by atoms with E-state index < -0.39 is 18.0 Å². The minimum Gasteiger partial charge on any atom is -0.496 e. The maximum absolute atomic E-state index is 12.1. The van der Waals surface area contributed by atoms with Gasteiger partial charge in [0.2, 0.25) is 5.91 Å². The van der Waals surface area contributed by atoms with Crippen LogP contribution in [0, 0.1) is 0 Å². The summed E-state index contributed by atoms with van der Waals surface area (Å²) in [5.74, 6) is 0.398. The third kappa shape index (κ3) is 5.51. The molecule has 26 heavy (non-hydrogen) atoms. The molecule has 2 aromatic rings. The lowest BCUT2D eigenvalue weighted by atomic mass is 10.0. The first-order chi connectivity index (χ1) is 12.5. The Hall–Kier alpha value is -3.02. The van der Waals surface area contributed by atoms with Crippen molar-refractivity contribution in [3.05, 3.63) is 59.7 Å². The van der Waals surface area contributed by atoms with Crippen molar-refractivity contribution in [1.82, 2.24) is 10.6 Å². The van der Waals surface area contributed by atoms with E-state index >= 15 is 0 Å². The van der Waals surface area contributed by atoms with Crippen LogP contribution < -0.4 is 20.7 Å². The van der Waals surface area contributed by atoms with E-state index in [1.165, 1.54) is 5.56 Å². The minimum absolute atomic E-state index is 0.392. The zero-order chi connectivity index (χ0) is 18.9. The van der Waals surface area contributed by atoms with Crippen molar-refractivity contribution in [3.8, 4) is 5.75 Å². The van der Waals surface area contributed by atoms with E-state index in [0.717, 1.165) is 23.4 Å². The second-order valence-electron chi connectivity index (χ2n) is 5.90. The summed E-state index contributed by atoms with van der Waals surface area (Å²) in [6.07, 6.45) is 0.721. The Kier molecular flexibility index (Phi) is 7.02. The molecule has 3 N–H and O–H groups in total. The van der Waals surface area contributed by atoms with Crippen LogP contribution in [0.25, 0.3) is 0 Å². The number of urea groups is 1. The number of hydrogen-bond donors (Lipinski definition) is 3. The summed E-state index contributed by atoms with van der Waals surface area (Å²) in [5.41, 5.74) is 2.97. The molecule has 1 unspecified atom stereocenters. The highest BCUT2D eigenvalue weighted by Gasteiger charge is 2.16. The number of hydrogen-bond acceptors (Lipinski definition) is 4. The van der Waals surface area contributed by atoms with E-state index in [0.29, 0.717) is 6.54 Å². The van der Waals surface area contributed by atoms with Gasteiger partial charge in [-0.25, -0.2) is 4.79 Å². The molecule has 6 nitrogen and oxygen atoms in total. The number of nitrogens with one attached hydrogen (secondary N) is 3. The second-order valence-corrected chi connectivity index (χ2v) is 5.90. The molecule has 0 fully saturated rings. The van der Waals surface area contributed by atoms with Gasteiger partial charge < -0.3 is 15.4 Å². The van der Waals surface area contributed by atoms with Crippen molar-refractivity contribution in [1.29, 1.82) is 0 Å². The molecule has 0 bridgehead atoms. The number of ether oxygens (including phenoxy) is 1. The predicted molar refractivity (Wildman–Crippen MR) is 103 cm³/mol. The number of rotatable bonds is 7. The van der Waals surface area contributed by atoms with Crippen LogP contribution >= 0.6 is 0 Å². The number of carbonyl (C=O) groups is 2. The van der Waals surface area contributed by atoms with Crippen LogP contribution in [-0.2, 0) is 11.2 Å². The standard InChI is InChI=1S/C20H25N3O3/c1-4-21-20(25)23-19(24)14(2)22-17-10-11-18(26-3)16(13-17)12-15-8-6-5-7-9-15/h5-11,13-14,22H,4,12H2,1-3H3,(H2,21,23,24,25). The smallest absolute Gasteiger partial charge is 0.321 e. The Labute approximate surface area is 153 Å². The molecule has 138 valence electrons. The summed E-state index contributed by atoms with van der Waals surface area (Å²) in [7, 11) is 1.64. The fourth-order valence-electron chi connectivity index (χ4n) is 2.56. The van der Waals surface area contributed by atoms with Crippen LogP contribution in [-0.4, -0.2) is 31.6 Å². The predicted octanol–water partition coefficient (Wildman–Crippen LogP) is 2.93. The van der Waals surface area contributed by atoms with Gasteiger partial charge in [-0.2, -0.15) is 0 Å². The zero-order valence-corrected chi connectivity index (χ0v) is 15.3.